The van der Waals surface area contributed by atoms with Crippen molar-refractivity contribution in [2.75, 3.05) is 0 Å². The fourth-order valence-electron chi connectivity index (χ4n) is 7.45. The Kier molecular flexibility index (Phi) is 4.18. The fraction of sp³-hybridized carbons (Fsp3) is 0.0769. The maximum Gasteiger partial charge on any atom is 0.0619 e. The molecule has 0 atom stereocenters. The first-order valence-corrected chi connectivity index (χ1v) is 14.1. The predicted molar refractivity (Wildman–Crippen MR) is 168 cm³/mol. The minimum absolute atomic E-state index is 0.0163. The van der Waals surface area contributed by atoms with Crippen molar-refractivity contribution in [3.63, 3.8) is 0 Å². The summed E-state index contributed by atoms with van der Waals surface area (Å²) in [6.45, 7) is 4.71. The Hall–Kier alpha value is -4.88. The molecule has 0 unspecified atom stereocenters. The molecule has 1 aliphatic heterocycles. The second kappa shape index (κ2) is 7.61. The zero-order chi connectivity index (χ0) is 26.6. The number of benzene rings is 6. The molecular weight excluding hydrogens is 482 g/mol. The Morgan fingerprint density at radius 1 is 0.450 bits per heavy atom. The minimum Gasteiger partial charge on any atom is -0.308 e. The largest absolute Gasteiger partial charge is 0.308 e. The molecule has 2 aliphatic rings. The Balaban J connectivity index is 1.32. The van der Waals surface area contributed by atoms with Crippen molar-refractivity contribution in [1.82, 2.24) is 4.57 Å². The molecule has 0 fully saturated rings. The lowest BCUT2D eigenvalue weighted by Gasteiger charge is -2.22. The maximum absolute atomic E-state index is 2.49. The van der Waals surface area contributed by atoms with E-state index in [1.54, 1.807) is 0 Å². The molecule has 9 rings (SSSR count). The SMILES string of the molecule is CC1(C)c2ccccc2-c2ccc(-c3ccc4c(c3)-c3ccccc3-c3cccc5c6ccccc6n-4c35)cc21. The topological polar surface area (TPSA) is 4.93 Å². The van der Waals surface area contributed by atoms with Crippen molar-refractivity contribution < 1.29 is 0 Å². The van der Waals surface area contributed by atoms with Crippen molar-refractivity contribution in [1.29, 1.82) is 0 Å². The lowest BCUT2D eigenvalue weighted by atomic mass is 9.81. The van der Waals surface area contributed by atoms with Gasteiger partial charge >= 0.3 is 0 Å². The highest BCUT2D eigenvalue weighted by molar-refractivity contribution is 6.16. The van der Waals surface area contributed by atoms with Crippen LogP contribution in [0.4, 0.5) is 0 Å². The molecule has 1 heteroatoms. The van der Waals surface area contributed by atoms with E-state index in [0.29, 0.717) is 0 Å². The number of hydrogen-bond acceptors (Lipinski definition) is 0. The Morgan fingerprint density at radius 3 is 1.95 bits per heavy atom. The number of hydrogen-bond donors (Lipinski definition) is 0. The van der Waals surface area contributed by atoms with Crippen LogP contribution < -0.4 is 0 Å². The van der Waals surface area contributed by atoms with Crippen LogP contribution >= 0.6 is 0 Å². The van der Waals surface area contributed by atoms with Crippen LogP contribution in [0.3, 0.4) is 0 Å². The Morgan fingerprint density at radius 2 is 1.07 bits per heavy atom. The molecule has 0 radical (unpaired) electrons. The second-order valence-corrected chi connectivity index (χ2v) is 11.8. The maximum atomic E-state index is 2.49. The molecule has 7 aromatic rings. The monoisotopic (exact) mass is 509 g/mol. The van der Waals surface area contributed by atoms with Gasteiger partial charge in [-0.1, -0.05) is 117 Å². The van der Waals surface area contributed by atoms with Crippen LogP contribution in [0.2, 0.25) is 0 Å². The molecule has 2 heterocycles. The summed E-state index contributed by atoms with van der Waals surface area (Å²) in [5, 5.41) is 2.61. The van der Waals surface area contributed by atoms with E-state index in [4.69, 9.17) is 0 Å². The lowest BCUT2D eigenvalue weighted by Crippen LogP contribution is -2.14. The van der Waals surface area contributed by atoms with Gasteiger partial charge in [-0.15, -0.1) is 0 Å². The van der Waals surface area contributed by atoms with E-state index in [1.807, 2.05) is 0 Å². The van der Waals surface area contributed by atoms with E-state index in [0.717, 1.165) is 0 Å². The minimum atomic E-state index is -0.0163. The first-order chi connectivity index (χ1) is 19.6. The molecule has 40 heavy (non-hydrogen) atoms. The van der Waals surface area contributed by atoms with Crippen molar-refractivity contribution >= 4 is 21.8 Å². The molecule has 0 amide bonds. The molecule has 1 aromatic heterocycles. The van der Waals surface area contributed by atoms with Gasteiger partial charge in [0, 0.05) is 27.3 Å². The van der Waals surface area contributed by atoms with Crippen LogP contribution in [-0.2, 0) is 5.41 Å². The fourth-order valence-corrected chi connectivity index (χ4v) is 7.45. The molecule has 0 bridgehead atoms. The van der Waals surface area contributed by atoms with E-state index in [9.17, 15) is 0 Å². The van der Waals surface area contributed by atoms with Crippen LogP contribution in [-0.4, -0.2) is 4.57 Å². The van der Waals surface area contributed by atoms with Gasteiger partial charge in [0.1, 0.15) is 0 Å². The van der Waals surface area contributed by atoms with E-state index in [2.05, 4.69) is 146 Å². The average molecular weight is 510 g/mol. The summed E-state index contributed by atoms with van der Waals surface area (Å²) in [5.74, 6) is 0. The number of nitrogens with zero attached hydrogens (tertiary/aromatic N) is 1. The van der Waals surface area contributed by atoms with Gasteiger partial charge in [0.25, 0.3) is 0 Å². The van der Waals surface area contributed by atoms with Crippen molar-refractivity contribution in [3.05, 3.63) is 139 Å². The van der Waals surface area contributed by atoms with Crippen LogP contribution in [0, 0.1) is 0 Å². The van der Waals surface area contributed by atoms with Crippen molar-refractivity contribution in [2.24, 2.45) is 0 Å². The van der Waals surface area contributed by atoms with Gasteiger partial charge in [-0.3, -0.25) is 0 Å². The molecule has 0 saturated heterocycles. The molecule has 1 aliphatic carbocycles. The third-order valence-corrected chi connectivity index (χ3v) is 9.36. The van der Waals surface area contributed by atoms with Gasteiger partial charge < -0.3 is 4.57 Å². The summed E-state index contributed by atoms with van der Waals surface area (Å²) in [6.07, 6.45) is 0. The summed E-state index contributed by atoms with van der Waals surface area (Å²) in [4.78, 5) is 0. The molecular formula is C39H27N. The molecule has 1 nitrogen and oxygen atoms in total. The zero-order valence-corrected chi connectivity index (χ0v) is 22.6. The highest BCUT2D eigenvalue weighted by Crippen LogP contribution is 2.51. The Labute approximate surface area is 234 Å². The van der Waals surface area contributed by atoms with Crippen LogP contribution in [0.1, 0.15) is 25.0 Å². The molecule has 0 saturated carbocycles. The van der Waals surface area contributed by atoms with E-state index in [1.165, 1.54) is 83.1 Å². The van der Waals surface area contributed by atoms with E-state index >= 15 is 0 Å². The highest BCUT2D eigenvalue weighted by atomic mass is 15.0. The zero-order valence-electron chi connectivity index (χ0n) is 22.6. The second-order valence-electron chi connectivity index (χ2n) is 11.8. The molecule has 6 aromatic carbocycles. The van der Waals surface area contributed by atoms with Crippen LogP contribution in [0.25, 0.3) is 72.0 Å². The van der Waals surface area contributed by atoms with Gasteiger partial charge in [0.2, 0.25) is 0 Å². The summed E-state index contributed by atoms with van der Waals surface area (Å²) in [6, 6.07) is 47.5. The van der Waals surface area contributed by atoms with Gasteiger partial charge in [-0.2, -0.15) is 0 Å². The third-order valence-electron chi connectivity index (χ3n) is 9.36. The number of para-hydroxylation sites is 2. The Bertz CT molecular complexity index is 2190. The van der Waals surface area contributed by atoms with Gasteiger partial charge in [0.05, 0.1) is 16.7 Å². The third kappa shape index (κ3) is 2.72. The number of aromatic nitrogens is 1. The van der Waals surface area contributed by atoms with Gasteiger partial charge in [-0.25, -0.2) is 0 Å². The number of rotatable bonds is 1. The van der Waals surface area contributed by atoms with Crippen LogP contribution in [0.15, 0.2) is 127 Å². The number of fused-ring (bicyclic) bond motifs is 11. The highest BCUT2D eigenvalue weighted by Gasteiger charge is 2.35. The van der Waals surface area contributed by atoms with Gasteiger partial charge in [-0.05, 0) is 68.8 Å². The quantitative estimate of drug-likeness (QED) is 0.207. The summed E-state index contributed by atoms with van der Waals surface area (Å²) < 4.78 is 2.49. The van der Waals surface area contributed by atoms with Crippen LogP contribution in [0.5, 0.6) is 0 Å². The summed E-state index contributed by atoms with van der Waals surface area (Å²) >= 11 is 0. The average Bonchev–Trinajstić information content (AvgIpc) is 3.41. The first kappa shape index (κ1) is 22.0. The van der Waals surface area contributed by atoms with E-state index < -0.39 is 0 Å². The smallest absolute Gasteiger partial charge is 0.0619 e. The standard InChI is InChI=1S/C39H27N/c1-39(2)34-16-7-5-12-28(34)29-20-18-25(23-35(29)39)24-19-21-37-33(22-24)27-11-4-3-10-26(27)31-14-9-15-32-30-13-6-8-17-36(30)40(37)38(31)32/h3-23H,1-2H3. The van der Waals surface area contributed by atoms with E-state index in [-0.39, 0.29) is 5.41 Å². The first-order valence-electron chi connectivity index (χ1n) is 14.1. The lowest BCUT2D eigenvalue weighted by molar-refractivity contribution is 0.660. The van der Waals surface area contributed by atoms with Crippen molar-refractivity contribution in [2.45, 2.75) is 19.3 Å². The summed E-state index contributed by atoms with van der Waals surface area (Å²) in [7, 11) is 0. The van der Waals surface area contributed by atoms with Gasteiger partial charge in [0.15, 0.2) is 0 Å². The predicted octanol–water partition coefficient (Wildman–Crippen LogP) is 10.4. The molecule has 0 N–H and O–H groups in total. The molecule has 0 spiro atoms. The van der Waals surface area contributed by atoms with Crippen molar-refractivity contribution in [3.8, 4) is 50.2 Å². The normalized spacial score (nSPS) is 13.9. The molecule has 188 valence electrons. The summed E-state index contributed by atoms with van der Waals surface area (Å²) in [5.41, 5.74) is 17.0.